The van der Waals surface area contributed by atoms with Crippen LogP contribution >= 0.6 is 11.3 Å². The Bertz CT molecular complexity index is 1260. The SMILES string of the molecule is Cc1c(OC(=O)O)sc2c1c(=O)n(CCc1ccccc1F)c(=O)n2CCC(F)(F)F. The van der Waals surface area contributed by atoms with E-state index in [-0.39, 0.29) is 39.4 Å². The first kappa shape index (κ1) is 22.5. The van der Waals surface area contributed by atoms with Crippen LogP contribution in [0.5, 0.6) is 5.06 Å². The van der Waals surface area contributed by atoms with Crippen molar-refractivity contribution in [3.8, 4) is 5.06 Å². The van der Waals surface area contributed by atoms with Gasteiger partial charge in [-0.25, -0.2) is 14.0 Å². The van der Waals surface area contributed by atoms with Crippen LogP contribution in [-0.4, -0.2) is 26.6 Å². The molecule has 0 fully saturated rings. The lowest BCUT2D eigenvalue weighted by Crippen LogP contribution is -2.40. The number of alkyl halides is 3. The Hall–Kier alpha value is -3.15. The summed E-state index contributed by atoms with van der Waals surface area (Å²) in [6, 6.07) is 5.72. The molecule has 2 aromatic heterocycles. The molecule has 0 atom stereocenters. The first-order chi connectivity index (χ1) is 14.5. The van der Waals surface area contributed by atoms with Gasteiger partial charge in [-0.05, 0) is 25.0 Å². The van der Waals surface area contributed by atoms with Gasteiger partial charge in [0.2, 0.25) is 0 Å². The van der Waals surface area contributed by atoms with Gasteiger partial charge in [0.05, 0.1) is 11.8 Å². The molecular weight excluding hydrogens is 444 g/mol. The molecule has 3 aromatic rings. The highest BCUT2D eigenvalue weighted by molar-refractivity contribution is 7.20. The number of thiophene rings is 1. The lowest BCUT2D eigenvalue weighted by molar-refractivity contribution is -0.136. The summed E-state index contributed by atoms with van der Waals surface area (Å²) >= 11 is 0.603. The molecular formula is C19H16F4N2O5S. The largest absolute Gasteiger partial charge is 0.512 e. The first-order valence-corrected chi connectivity index (χ1v) is 9.79. The number of carbonyl (C=O) groups is 1. The maximum absolute atomic E-state index is 13.9. The summed E-state index contributed by atoms with van der Waals surface area (Å²) in [4.78, 5) is 36.6. The van der Waals surface area contributed by atoms with E-state index in [1.54, 1.807) is 6.07 Å². The van der Waals surface area contributed by atoms with Gasteiger partial charge in [0, 0.05) is 18.7 Å². The fourth-order valence-corrected chi connectivity index (χ4v) is 4.28. The zero-order chi connectivity index (χ0) is 22.9. The number of hydrogen-bond donors (Lipinski definition) is 1. The van der Waals surface area contributed by atoms with Crippen molar-refractivity contribution >= 4 is 27.7 Å². The number of nitrogens with zero attached hydrogens (tertiary/aromatic N) is 2. The highest BCUT2D eigenvalue weighted by Gasteiger charge is 2.29. The molecule has 31 heavy (non-hydrogen) atoms. The van der Waals surface area contributed by atoms with Gasteiger partial charge in [-0.2, -0.15) is 13.2 Å². The van der Waals surface area contributed by atoms with Crippen molar-refractivity contribution in [2.24, 2.45) is 0 Å². The van der Waals surface area contributed by atoms with Crippen molar-refractivity contribution in [3.05, 3.63) is 62.0 Å². The average Bonchev–Trinajstić information content (AvgIpc) is 2.97. The van der Waals surface area contributed by atoms with E-state index in [1.165, 1.54) is 25.1 Å². The fraction of sp³-hybridized carbons (Fsp3) is 0.316. The number of halogens is 4. The fourth-order valence-electron chi connectivity index (χ4n) is 3.12. The third-order valence-corrected chi connectivity index (χ3v) is 5.80. The Morgan fingerprint density at radius 1 is 1.16 bits per heavy atom. The Kier molecular flexibility index (Phi) is 6.20. The van der Waals surface area contributed by atoms with Crippen molar-refractivity contribution in [1.29, 1.82) is 0 Å². The number of fused-ring (bicyclic) bond motifs is 1. The predicted octanol–water partition coefficient (Wildman–Crippen LogP) is 3.92. The summed E-state index contributed by atoms with van der Waals surface area (Å²) in [5.74, 6) is -0.544. The lowest BCUT2D eigenvalue weighted by Gasteiger charge is -2.13. The number of aromatic nitrogens is 2. The molecule has 0 aliphatic rings. The van der Waals surface area contributed by atoms with Crippen molar-refractivity contribution in [2.75, 3.05) is 0 Å². The van der Waals surface area contributed by atoms with Gasteiger partial charge in [-0.3, -0.25) is 13.9 Å². The average molecular weight is 460 g/mol. The van der Waals surface area contributed by atoms with Crippen LogP contribution in [0.25, 0.3) is 10.2 Å². The number of hydrogen-bond acceptors (Lipinski definition) is 5. The highest BCUT2D eigenvalue weighted by atomic mass is 32.1. The van der Waals surface area contributed by atoms with Gasteiger partial charge in [0.25, 0.3) is 5.56 Å². The van der Waals surface area contributed by atoms with E-state index in [0.29, 0.717) is 11.3 Å². The molecule has 3 rings (SSSR count). The van der Waals surface area contributed by atoms with Crippen LogP contribution < -0.4 is 16.0 Å². The molecule has 1 N–H and O–H groups in total. The number of carboxylic acid groups (broad SMARTS) is 1. The van der Waals surface area contributed by atoms with Gasteiger partial charge >= 0.3 is 18.0 Å². The van der Waals surface area contributed by atoms with E-state index in [0.717, 1.165) is 9.13 Å². The summed E-state index contributed by atoms with van der Waals surface area (Å²) in [6.45, 7) is 0.328. The second-order valence-electron chi connectivity index (χ2n) is 6.66. The van der Waals surface area contributed by atoms with Gasteiger partial charge in [0.1, 0.15) is 10.6 Å². The second-order valence-corrected chi connectivity index (χ2v) is 7.62. The summed E-state index contributed by atoms with van der Waals surface area (Å²) in [5.41, 5.74) is -1.49. The van der Waals surface area contributed by atoms with E-state index in [1.807, 2.05) is 0 Å². The summed E-state index contributed by atoms with van der Waals surface area (Å²) < 4.78 is 58.4. The van der Waals surface area contributed by atoms with Crippen LogP contribution in [0, 0.1) is 12.7 Å². The topological polar surface area (TPSA) is 90.5 Å². The Morgan fingerprint density at radius 3 is 2.45 bits per heavy atom. The number of rotatable bonds is 6. The third kappa shape index (κ3) is 4.79. The van der Waals surface area contributed by atoms with E-state index >= 15 is 0 Å². The number of ether oxygens (including phenoxy) is 1. The summed E-state index contributed by atoms with van der Waals surface area (Å²) in [7, 11) is 0. The van der Waals surface area contributed by atoms with Crippen molar-refractivity contribution in [2.45, 2.75) is 39.0 Å². The lowest BCUT2D eigenvalue weighted by atomic mass is 10.1. The zero-order valence-corrected chi connectivity index (χ0v) is 16.8. The van der Waals surface area contributed by atoms with Crippen LogP contribution in [0.15, 0.2) is 33.9 Å². The van der Waals surface area contributed by atoms with E-state index in [2.05, 4.69) is 4.74 Å². The van der Waals surface area contributed by atoms with Crippen LogP contribution in [0.3, 0.4) is 0 Å². The molecule has 2 heterocycles. The van der Waals surface area contributed by atoms with Crippen molar-refractivity contribution < 1.29 is 32.2 Å². The number of aryl methyl sites for hydroxylation is 3. The Balaban J connectivity index is 2.16. The third-order valence-electron chi connectivity index (χ3n) is 4.61. The minimum atomic E-state index is -4.56. The maximum Gasteiger partial charge on any atom is 0.512 e. The van der Waals surface area contributed by atoms with E-state index in [4.69, 9.17) is 5.11 Å². The Morgan fingerprint density at radius 2 is 1.84 bits per heavy atom. The normalized spacial score (nSPS) is 11.8. The monoisotopic (exact) mass is 460 g/mol. The molecule has 0 bridgehead atoms. The minimum Gasteiger partial charge on any atom is -0.449 e. The van der Waals surface area contributed by atoms with Crippen LogP contribution in [0.2, 0.25) is 0 Å². The quantitative estimate of drug-likeness (QED) is 0.445. The van der Waals surface area contributed by atoms with Gasteiger partial charge in [-0.1, -0.05) is 29.5 Å². The molecule has 12 heteroatoms. The van der Waals surface area contributed by atoms with Crippen LogP contribution in [-0.2, 0) is 19.5 Å². The van der Waals surface area contributed by atoms with Crippen molar-refractivity contribution in [1.82, 2.24) is 9.13 Å². The van der Waals surface area contributed by atoms with Crippen LogP contribution in [0.4, 0.5) is 22.4 Å². The molecule has 0 spiro atoms. The standard InChI is InChI=1S/C19H16F4N2O5S/c1-10-13-14(26)24(8-6-11-4-2-3-5-12(11)20)17(27)25(9-7-19(21,22)23)15(13)31-16(10)30-18(28)29/h2-5H,6-9H2,1H3,(H,28,29). The molecule has 0 amide bonds. The molecule has 7 nitrogen and oxygen atoms in total. The Labute approximate surface area is 175 Å². The molecule has 0 aliphatic heterocycles. The smallest absolute Gasteiger partial charge is 0.449 e. The number of benzene rings is 1. The van der Waals surface area contributed by atoms with Crippen molar-refractivity contribution in [3.63, 3.8) is 0 Å². The van der Waals surface area contributed by atoms with E-state index in [9.17, 15) is 31.9 Å². The zero-order valence-electron chi connectivity index (χ0n) is 16.0. The minimum absolute atomic E-state index is 0.0474. The van der Waals surface area contributed by atoms with Gasteiger partial charge < -0.3 is 9.84 Å². The van der Waals surface area contributed by atoms with Gasteiger partial charge in [-0.15, -0.1) is 0 Å². The summed E-state index contributed by atoms with van der Waals surface area (Å²) in [5, 5.41) is 8.53. The molecule has 0 unspecified atom stereocenters. The molecule has 0 radical (unpaired) electrons. The molecule has 0 saturated carbocycles. The molecule has 166 valence electrons. The molecule has 1 aromatic carbocycles. The predicted molar refractivity (Wildman–Crippen MR) is 105 cm³/mol. The van der Waals surface area contributed by atoms with Crippen LogP contribution in [0.1, 0.15) is 17.5 Å². The molecule has 0 saturated heterocycles. The second kappa shape index (κ2) is 8.53. The first-order valence-electron chi connectivity index (χ1n) is 8.97. The molecule has 0 aliphatic carbocycles. The van der Waals surface area contributed by atoms with Gasteiger partial charge in [0.15, 0.2) is 5.06 Å². The van der Waals surface area contributed by atoms with E-state index < -0.39 is 42.4 Å². The highest BCUT2D eigenvalue weighted by Crippen LogP contribution is 2.35. The summed E-state index contributed by atoms with van der Waals surface area (Å²) in [6.07, 6.45) is -7.61. The maximum atomic E-state index is 13.9.